The molecule has 1 atom stereocenters. The van der Waals surface area contributed by atoms with Crippen LogP contribution in [0.1, 0.15) is 29.0 Å². The van der Waals surface area contributed by atoms with E-state index in [1.54, 1.807) is 0 Å². The van der Waals surface area contributed by atoms with Crippen molar-refractivity contribution in [3.63, 3.8) is 0 Å². The molecule has 2 aromatic rings. The summed E-state index contributed by atoms with van der Waals surface area (Å²) in [6, 6.07) is 6.10. The Morgan fingerprint density at radius 3 is 3.10 bits per heavy atom. The first kappa shape index (κ1) is 14.6. The minimum Gasteiger partial charge on any atom is -0.451 e. The van der Waals surface area contributed by atoms with Crippen LogP contribution in [-0.2, 0) is 0 Å². The number of rotatable bonds is 3. The average Bonchev–Trinajstić information content (AvgIpc) is 3.04. The van der Waals surface area contributed by atoms with Gasteiger partial charge in [0.25, 0.3) is 5.91 Å². The summed E-state index contributed by atoms with van der Waals surface area (Å²) in [5, 5.41) is 4.16. The second kappa shape index (κ2) is 5.81. The molecule has 1 unspecified atom stereocenters. The number of amides is 1. The molecule has 1 saturated heterocycles. The molecule has 0 aliphatic carbocycles. The lowest BCUT2D eigenvalue weighted by Crippen LogP contribution is -2.40. The summed E-state index contributed by atoms with van der Waals surface area (Å²) in [5.41, 5.74) is 1.69. The van der Waals surface area contributed by atoms with Crippen molar-refractivity contribution in [2.45, 2.75) is 25.8 Å². The molecule has 2 heterocycles. The van der Waals surface area contributed by atoms with Crippen molar-refractivity contribution in [1.29, 1.82) is 0 Å². The fourth-order valence-corrected chi connectivity index (χ4v) is 3.44. The van der Waals surface area contributed by atoms with Crippen LogP contribution < -0.4 is 5.32 Å². The summed E-state index contributed by atoms with van der Waals surface area (Å²) >= 11 is 3.46. The SMILES string of the molecule is CNCC1CCCN1C(=O)c1oc2ccc(Br)cc2c1C. The van der Waals surface area contributed by atoms with Crippen LogP contribution in [0.15, 0.2) is 27.1 Å². The molecule has 0 saturated carbocycles. The lowest BCUT2D eigenvalue weighted by Gasteiger charge is -2.23. The lowest BCUT2D eigenvalue weighted by atomic mass is 10.1. The summed E-state index contributed by atoms with van der Waals surface area (Å²) in [6.07, 6.45) is 2.11. The van der Waals surface area contributed by atoms with Crippen molar-refractivity contribution in [3.05, 3.63) is 34.0 Å². The Morgan fingerprint density at radius 2 is 2.33 bits per heavy atom. The van der Waals surface area contributed by atoms with E-state index < -0.39 is 0 Å². The van der Waals surface area contributed by atoms with E-state index in [0.717, 1.165) is 46.9 Å². The van der Waals surface area contributed by atoms with Gasteiger partial charge in [0.05, 0.1) is 0 Å². The number of hydrogen-bond acceptors (Lipinski definition) is 3. The fraction of sp³-hybridized carbons (Fsp3) is 0.438. The smallest absolute Gasteiger partial charge is 0.290 e. The molecule has 1 aliphatic heterocycles. The zero-order chi connectivity index (χ0) is 15.0. The van der Waals surface area contributed by atoms with E-state index in [-0.39, 0.29) is 11.9 Å². The topological polar surface area (TPSA) is 45.5 Å². The number of aryl methyl sites for hydroxylation is 1. The summed E-state index contributed by atoms with van der Waals surface area (Å²) < 4.78 is 6.81. The van der Waals surface area contributed by atoms with Crippen LogP contribution in [-0.4, -0.2) is 37.0 Å². The Labute approximate surface area is 132 Å². The molecule has 1 aliphatic rings. The van der Waals surface area contributed by atoms with E-state index in [9.17, 15) is 4.79 Å². The first-order valence-corrected chi connectivity index (χ1v) is 8.05. The molecule has 0 spiro atoms. The first-order valence-electron chi connectivity index (χ1n) is 7.26. The van der Waals surface area contributed by atoms with Gasteiger partial charge in [0, 0.05) is 34.6 Å². The highest BCUT2D eigenvalue weighted by Gasteiger charge is 2.31. The highest BCUT2D eigenvalue weighted by molar-refractivity contribution is 9.10. The number of hydrogen-bond donors (Lipinski definition) is 1. The number of furan rings is 1. The van der Waals surface area contributed by atoms with Gasteiger partial charge in [-0.1, -0.05) is 15.9 Å². The molecule has 5 heteroatoms. The van der Waals surface area contributed by atoms with Crippen LogP contribution in [0, 0.1) is 6.92 Å². The van der Waals surface area contributed by atoms with Gasteiger partial charge in [0.2, 0.25) is 0 Å². The molecule has 1 aromatic heterocycles. The van der Waals surface area contributed by atoms with Crippen molar-refractivity contribution in [3.8, 4) is 0 Å². The van der Waals surface area contributed by atoms with Crippen LogP contribution in [0.4, 0.5) is 0 Å². The summed E-state index contributed by atoms with van der Waals surface area (Å²) in [4.78, 5) is 14.7. The zero-order valence-corrected chi connectivity index (χ0v) is 13.9. The normalized spacial score (nSPS) is 18.6. The lowest BCUT2D eigenvalue weighted by molar-refractivity contribution is 0.0706. The van der Waals surface area contributed by atoms with Crippen molar-refractivity contribution >= 4 is 32.8 Å². The third-order valence-corrected chi connectivity index (χ3v) is 4.66. The van der Waals surface area contributed by atoms with Crippen LogP contribution in [0.2, 0.25) is 0 Å². The molecule has 1 N–H and O–H groups in total. The molecule has 1 aromatic carbocycles. The highest BCUT2D eigenvalue weighted by Crippen LogP contribution is 2.30. The van der Waals surface area contributed by atoms with Gasteiger partial charge in [-0.3, -0.25) is 4.79 Å². The van der Waals surface area contributed by atoms with Crippen LogP contribution in [0.25, 0.3) is 11.0 Å². The van der Waals surface area contributed by atoms with Crippen molar-refractivity contribution in [2.75, 3.05) is 20.1 Å². The number of nitrogens with zero attached hydrogens (tertiary/aromatic N) is 1. The molecular weight excluding hydrogens is 332 g/mol. The Balaban J connectivity index is 1.96. The molecule has 4 nitrogen and oxygen atoms in total. The van der Waals surface area contributed by atoms with Gasteiger partial charge >= 0.3 is 0 Å². The van der Waals surface area contributed by atoms with Gasteiger partial charge < -0.3 is 14.6 Å². The molecule has 1 amide bonds. The number of fused-ring (bicyclic) bond motifs is 1. The number of carbonyl (C=O) groups is 1. The van der Waals surface area contributed by atoms with Crippen molar-refractivity contribution < 1.29 is 9.21 Å². The monoisotopic (exact) mass is 350 g/mol. The minimum absolute atomic E-state index is 0.0116. The van der Waals surface area contributed by atoms with Gasteiger partial charge in [-0.25, -0.2) is 0 Å². The van der Waals surface area contributed by atoms with Crippen LogP contribution in [0.3, 0.4) is 0 Å². The second-order valence-corrected chi connectivity index (χ2v) is 6.46. The van der Waals surface area contributed by atoms with Crippen molar-refractivity contribution in [1.82, 2.24) is 10.2 Å². The standard InChI is InChI=1S/C16H19BrN2O2/c1-10-13-8-11(17)5-6-14(13)21-15(10)16(20)19-7-3-4-12(19)9-18-2/h5-6,8,12,18H,3-4,7,9H2,1-2H3. The van der Waals surface area contributed by atoms with Gasteiger partial charge in [-0.15, -0.1) is 0 Å². The summed E-state index contributed by atoms with van der Waals surface area (Å²) in [5.74, 6) is 0.490. The fourth-order valence-electron chi connectivity index (χ4n) is 3.08. The Kier molecular flexibility index (Phi) is 4.04. The molecule has 1 fully saturated rings. The van der Waals surface area contributed by atoms with Crippen LogP contribution in [0.5, 0.6) is 0 Å². The number of carbonyl (C=O) groups excluding carboxylic acids is 1. The van der Waals surface area contributed by atoms with Gasteiger partial charge in [0.1, 0.15) is 5.58 Å². The number of nitrogens with one attached hydrogen (secondary N) is 1. The maximum Gasteiger partial charge on any atom is 0.290 e. The second-order valence-electron chi connectivity index (χ2n) is 5.55. The average molecular weight is 351 g/mol. The van der Waals surface area contributed by atoms with Crippen LogP contribution >= 0.6 is 15.9 Å². The molecule has 3 rings (SSSR count). The van der Waals surface area contributed by atoms with E-state index in [1.807, 2.05) is 37.1 Å². The molecule has 112 valence electrons. The van der Waals surface area contributed by atoms with Gasteiger partial charge in [-0.2, -0.15) is 0 Å². The number of halogens is 1. The molecule has 21 heavy (non-hydrogen) atoms. The summed E-state index contributed by atoms with van der Waals surface area (Å²) in [7, 11) is 1.92. The molecule has 0 radical (unpaired) electrons. The Hall–Kier alpha value is -1.33. The van der Waals surface area contributed by atoms with E-state index in [1.165, 1.54) is 0 Å². The number of likely N-dealkylation sites (N-methyl/N-ethyl adjacent to an activating group) is 1. The van der Waals surface area contributed by atoms with Crippen molar-refractivity contribution in [2.24, 2.45) is 0 Å². The zero-order valence-electron chi connectivity index (χ0n) is 12.3. The van der Waals surface area contributed by atoms with Gasteiger partial charge in [-0.05, 0) is 45.0 Å². The third kappa shape index (κ3) is 2.60. The number of likely N-dealkylation sites (tertiary alicyclic amines) is 1. The Morgan fingerprint density at radius 1 is 1.52 bits per heavy atom. The molecule has 0 bridgehead atoms. The first-order chi connectivity index (χ1) is 10.1. The van der Waals surface area contributed by atoms with E-state index in [0.29, 0.717) is 5.76 Å². The summed E-state index contributed by atoms with van der Waals surface area (Å²) in [6.45, 7) is 3.59. The van der Waals surface area contributed by atoms with E-state index in [4.69, 9.17) is 4.42 Å². The van der Waals surface area contributed by atoms with E-state index >= 15 is 0 Å². The maximum atomic E-state index is 12.8. The quantitative estimate of drug-likeness (QED) is 0.923. The van der Waals surface area contributed by atoms with Gasteiger partial charge in [0.15, 0.2) is 5.76 Å². The third-order valence-electron chi connectivity index (χ3n) is 4.17. The predicted octanol–water partition coefficient (Wildman–Crippen LogP) is 3.33. The predicted molar refractivity (Wildman–Crippen MR) is 86.6 cm³/mol. The Bertz CT molecular complexity index is 680. The molecular formula is C16H19BrN2O2. The van der Waals surface area contributed by atoms with E-state index in [2.05, 4.69) is 21.2 Å². The largest absolute Gasteiger partial charge is 0.451 e. The minimum atomic E-state index is 0.0116. The highest BCUT2D eigenvalue weighted by atomic mass is 79.9. The number of benzene rings is 1. The maximum absolute atomic E-state index is 12.8.